The van der Waals surface area contributed by atoms with Crippen molar-refractivity contribution in [3.8, 4) is 0 Å². The monoisotopic (exact) mass is 244 g/mol. The lowest BCUT2D eigenvalue weighted by molar-refractivity contribution is -0.124. The molecule has 1 aliphatic heterocycles. The first-order chi connectivity index (χ1) is 7.57. The number of hydrazone groups is 1. The molecule has 90 valence electrons. The average Bonchev–Trinajstić information content (AvgIpc) is 2.83. The van der Waals surface area contributed by atoms with E-state index in [9.17, 15) is 13.2 Å². The number of hydrogen-bond acceptors (Lipinski definition) is 4. The fraction of sp³-hybridized carbons (Fsp3) is 0.800. The van der Waals surface area contributed by atoms with Gasteiger partial charge in [-0.2, -0.15) is 5.10 Å². The third-order valence-corrected chi connectivity index (χ3v) is 4.88. The van der Waals surface area contributed by atoms with Crippen molar-refractivity contribution in [3.05, 3.63) is 0 Å². The van der Waals surface area contributed by atoms with Gasteiger partial charge in [0.25, 0.3) is 0 Å². The summed E-state index contributed by atoms with van der Waals surface area (Å²) >= 11 is 0. The molecule has 0 aromatic rings. The van der Waals surface area contributed by atoms with Crippen LogP contribution in [0, 0.1) is 5.92 Å². The molecule has 1 saturated carbocycles. The van der Waals surface area contributed by atoms with Gasteiger partial charge >= 0.3 is 0 Å². The molecule has 2 rings (SSSR count). The van der Waals surface area contributed by atoms with Crippen molar-refractivity contribution in [3.63, 3.8) is 0 Å². The lowest BCUT2D eigenvalue weighted by Crippen LogP contribution is -2.28. The van der Waals surface area contributed by atoms with Gasteiger partial charge in [-0.05, 0) is 32.1 Å². The van der Waals surface area contributed by atoms with Crippen LogP contribution in [0.2, 0.25) is 0 Å². The van der Waals surface area contributed by atoms with Crippen molar-refractivity contribution in [1.29, 1.82) is 0 Å². The summed E-state index contributed by atoms with van der Waals surface area (Å²) in [6, 6.07) is 0. The molecule has 2 aliphatic rings. The van der Waals surface area contributed by atoms with Gasteiger partial charge in [0.05, 0.1) is 17.4 Å². The highest BCUT2D eigenvalue weighted by Crippen LogP contribution is 2.18. The quantitative estimate of drug-likeness (QED) is 0.717. The topological polar surface area (TPSA) is 75.6 Å². The molecular formula is C10H16N2O3S. The number of nitrogens with one attached hydrogen (secondary N) is 1. The molecule has 0 spiro atoms. The summed E-state index contributed by atoms with van der Waals surface area (Å²) in [5.74, 6) is -0.554. The molecule has 16 heavy (non-hydrogen) atoms. The third kappa shape index (κ3) is 2.81. The van der Waals surface area contributed by atoms with Crippen LogP contribution >= 0.6 is 0 Å². The molecule has 0 aromatic carbocycles. The number of sulfone groups is 1. The minimum atomic E-state index is -2.99. The van der Waals surface area contributed by atoms with Crippen LogP contribution in [0.25, 0.3) is 0 Å². The average molecular weight is 244 g/mol. The van der Waals surface area contributed by atoms with Crippen molar-refractivity contribution < 1.29 is 13.2 Å². The Morgan fingerprint density at radius 1 is 1.31 bits per heavy atom. The Labute approximate surface area is 95.2 Å². The first-order valence-electron chi connectivity index (χ1n) is 5.62. The zero-order chi connectivity index (χ0) is 11.6. The lowest BCUT2D eigenvalue weighted by Gasteiger charge is -2.05. The fourth-order valence-corrected chi connectivity index (χ4v) is 3.86. The first kappa shape index (κ1) is 11.6. The Balaban J connectivity index is 1.87. The van der Waals surface area contributed by atoms with E-state index in [0.29, 0.717) is 6.42 Å². The molecule has 1 aliphatic carbocycles. The van der Waals surface area contributed by atoms with Gasteiger partial charge in [-0.15, -0.1) is 0 Å². The highest BCUT2D eigenvalue weighted by molar-refractivity contribution is 7.91. The van der Waals surface area contributed by atoms with E-state index < -0.39 is 15.8 Å². The van der Waals surface area contributed by atoms with Crippen LogP contribution in [-0.4, -0.2) is 31.5 Å². The maximum atomic E-state index is 11.6. The molecule has 0 bridgehead atoms. The molecule has 1 atom stereocenters. The summed E-state index contributed by atoms with van der Waals surface area (Å²) in [5.41, 5.74) is 3.51. The molecule has 1 saturated heterocycles. The van der Waals surface area contributed by atoms with Gasteiger partial charge in [-0.1, -0.05) is 0 Å². The SMILES string of the molecule is O=C(NN=C1CCCC1)[C@H]1CCS(=O)(=O)C1. The summed E-state index contributed by atoms with van der Waals surface area (Å²) in [6.45, 7) is 0. The zero-order valence-electron chi connectivity index (χ0n) is 9.11. The molecule has 1 heterocycles. The lowest BCUT2D eigenvalue weighted by atomic mass is 10.1. The predicted octanol–water partition coefficient (Wildman–Crippen LogP) is 0.467. The van der Waals surface area contributed by atoms with E-state index in [1.54, 1.807) is 0 Å². The van der Waals surface area contributed by atoms with Crippen molar-refractivity contribution in [1.82, 2.24) is 5.43 Å². The Morgan fingerprint density at radius 2 is 2.00 bits per heavy atom. The van der Waals surface area contributed by atoms with Gasteiger partial charge in [-0.3, -0.25) is 4.79 Å². The largest absolute Gasteiger partial charge is 0.273 e. The van der Waals surface area contributed by atoms with Crippen LogP contribution in [0.1, 0.15) is 32.1 Å². The number of amides is 1. The zero-order valence-corrected chi connectivity index (χ0v) is 9.92. The van der Waals surface area contributed by atoms with Crippen LogP contribution < -0.4 is 5.43 Å². The second-order valence-corrected chi connectivity index (χ2v) is 6.69. The number of carbonyl (C=O) groups excluding carboxylic acids is 1. The molecule has 6 heteroatoms. The van der Waals surface area contributed by atoms with E-state index in [0.717, 1.165) is 31.4 Å². The van der Waals surface area contributed by atoms with Crippen LogP contribution in [0.15, 0.2) is 5.10 Å². The van der Waals surface area contributed by atoms with Gasteiger partial charge in [0, 0.05) is 5.71 Å². The van der Waals surface area contributed by atoms with Gasteiger partial charge in [0.15, 0.2) is 9.84 Å². The summed E-state index contributed by atoms with van der Waals surface area (Å²) in [7, 11) is -2.99. The minimum absolute atomic E-state index is 0.0241. The van der Waals surface area contributed by atoms with E-state index in [2.05, 4.69) is 10.5 Å². The molecule has 1 N–H and O–H groups in total. The maximum absolute atomic E-state index is 11.6. The van der Waals surface area contributed by atoms with Crippen molar-refractivity contribution >= 4 is 21.5 Å². The Kier molecular flexibility index (Phi) is 3.28. The number of rotatable bonds is 2. The molecule has 2 fully saturated rings. The van der Waals surface area contributed by atoms with E-state index in [4.69, 9.17) is 0 Å². The standard InChI is InChI=1S/C10H16N2O3S/c13-10(8-5-6-16(14,15)7-8)12-11-9-3-1-2-4-9/h8H,1-7H2,(H,12,13)/t8-/m0/s1. The molecule has 0 unspecified atom stereocenters. The Morgan fingerprint density at radius 3 is 2.56 bits per heavy atom. The normalized spacial score (nSPS) is 28.0. The summed E-state index contributed by atoms with van der Waals surface area (Å²) in [4.78, 5) is 11.6. The molecular weight excluding hydrogens is 228 g/mol. The van der Waals surface area contributed by atoms with Crippen molar-refractivity contribution in [2.45, 2.75) is 32.1 Å². The highest BCUT2D eigenvalue weighted by atomic mass is 32.2. The van der Waals surface area contributed by atoms with Gasteiger partial charge in [0.2, 0.25) is 5.91 Å². The molecule has 1 amide bonds. The molecule has 0 radical (unpaired) electrons. The van der Waals surface area contributed by atoms with E-state index in [1.807, 2.05) is 0 Å². The smallest absolute Gasteiger partial charge is 0.244 e. The third-order valence-electron chi connectivity index (χ3n) is 3.11. The first-order valence-corrected chi connectivity index (χ1v) is 7.45. The minimum Gasteiger partial charge on any atom is -0.273 e. The molecule has 5 nitrogen and oxygen atoms in total. The Hall–Kier alpha value is -0.910. The number of nitrogens with zero attached hydrogens (tertiary/aromatic N) is 1. The van der Waals surface area contributed by atoms with Gasteiger partial charge < -0.3 is 0 Å². The Bertz CT molecular complexity index is 406. The second-order valence-electron chi connectivity index (χ2n) is 4.46. The van der Waals surface area contributed by atoms with Gasteiger partial charge in [0.1, 0.15) is 0 Å². The van der Waals surface area contributed by atoms with Crippen LogP contribution in [0.3, 0.4) is 0 Å². The predicted molar refractivity (Wildman–Crippen MR) is 60.8 cm³/mol. The van der Waals surface area contributed by atoms with E-state index >= 15 is 0 Å². The summed E-state index contributed by atoms with van der Waals surface area (Å²) in [5, 5.41) is 4.04. The van der Waals surface area contributed by atoms with Crippen LogP contribution in [-0.2, 0) is 14.6 Å². The van der Waals surface area contributed by atoms with Crippen molar-refractivity contribution in [2.24, 2.45) is 11.0 Å². The van der Waals surface area contributed by atoms with Crippen LogP contribution in [0.5, 0.6) is 0 Å². The van der Waals surface area contributed by atoms with E-state index in [1.165, 1.54) is 0 Å². The summed E-state index contributed by atoms with van der Waals surface area (Å²) in [6.07, 6.45) is 4.59. The summed E-state index contributed by atoms with van der Waals surface area (Å²) < 4.78 is 22.4. The fourth-order valence-electron chi connectivity index (χ4n) is 2.12. The number of hydrogen-bond donors (Lipinski definition) is 1. The van der Waals surface area contributed by atoms with Gasteiger partial charge in [-0.25, -0.2) is 13.8 Å². The van der Waals surface area contributed by atoms with Crippen molar-refractivity contribution in [2.75, 3.05) is 11.5 Å². The van der Waals surface area contributed by atoms with E-state index in [-0.39, 0.29) is 17.4 Å². The maximum Gasteiger partial charge on any atom is 0.244 e. The molecule has 0 aromatic heterocycles. The highest BCUT2D eigenvalue weighted by Gasteiger charge is 2.32. The second kappa shape index (κ2) is 4.53. The van der Waals surface area contributed by atoms with Crippen LogP contribution in [0.4, 0.5) is 0 Å². The number of carbonyl (C=O) groups is 1.